The van der Waals surface area contributed by atoms with Gasteiger partial charge in [-0.15, -0.1) is 0 Å². The third-order valence-electron chi connectivity index (χ3n) is 3.76. The van der Waals surface area contributed by atoms with Gasteiger partial charge < -0.3 is 5.32 Å². The first-order chi connectivity index (χ1) is 7.98. The second-order valence-electron chi connectivity index (χ2n) is 6.50. The van der Waals surface area contributed by atoms with Crippen molar-refractivity contribution in [3.8, 4) is 0 Å². The fraction of sp³-hybridized carbons (Fsp3) is 0.625. The van der Waals surface area contributed by atoms with Crippen LogP contribution in [0, 0.1) is 11.3 Å². The van der Waals surface area contributed by atoms with Crippen LogP contribution in [-0.2, 0) is 0 Å². The molecule has 17 heavy (non-hydrogen) atoms. The summed E-state index contributed by atoms with van der Waals surface area (Å²) in [5, 5.41) is 3.84. The van der Waals surface area contributed by atoms with Crippen molar-refractivity contribution in [2.75, 3.05) is 0 Å². The first-order valence-corrected chi connectivity index (χ1v) is 6.79. The molecule has 2 rings (SSSR count). The highest BCUT2D eigenvalue weighted by Crippen LogP contribution is 2.37. The van der Waals surface area contributed by atoms with Crippen LogP contribution in [0.2, 0.25) is 0 Å². The Kier molecular flexibility index (Phi) is 3.58. The summed E-state index contributed by atoms with van der Waals surface area (Å²) in [4.78, 5) is 0. The molecule has 0 radical (unpaired) electrons. The van der Waals surface area contributed by atoms with Crippen molar-refractivity contribution >= 4 is 0 Å². The molecule has 0 amide bonds. The molecule has 1 saturated carbocycles. The van der Waals surface area contributed by atoms with Crippen molar-refractivity contribution in [1.82, 2.24) is 5.32 Å². The van der Waals surface area contributed by atoms with Gasteiger partial charge in [0, 0.05) is 12.1 Å². The van der Waals surface area contributed by atoms with Gasteiger partial charge in [-0.25, -0.2) is 0 Å². The minimum atomic E-state index is 0.254. The Balaban J connectivity index is 2.13. The standard InChI is InChI=1S/C16H25N/c1-12(13-10-11-13)17-15(16(2,3)4)14-8-6-5-7-9-14/h5-9,12-13,15,17H,10-11H2,1-4H3. The molecule has 1 aromatic carbocycles. The number of hydrogen-bond acceptors (Lipinski definition) is 1. The predicted molar refractivity (Wildman–Crippen MR) is 74.0 cm³/mol. The van der Waals surface area contributed by atoms with Crippen LogP contribution in [0.1, 0.15) is 52.1 Å². The second-order valence-corrected chi connectivity index (χ2v) is 6.50. The summed E-state index contributed by atoms with van der Waals surface area (Å²) < 4.78 is 0. The van der Waals surface area contributed by atoms with E-state index in [1.54, 1.807) is 0 Å². The van der Waals surface area contributed by atoms with Crippen molar-refractivity contribution in [1.29, 1.82) is 0 Å². The van der Waals surface area contributed by atoms with Crippen molar-refractivity contribution in [2.24, 2.45) is 11.3 Å². The van der Waals surface area contributed by atoms with Crippen LogP contribution in [0.4, 0.5) is 0 Å². The van der Waals surface area contributed by atoms with E-state index in [9.17, 15) is 0 Å². The normalized spacial score (nSPS) is 20.0. The molecule has 0 spiro atoms. The molecular formula is C16H25N. The van der Waals surface area contributed by atoms with Gasteiger partial charge in [0.25, 0.3) is 0 Å². The molecule has 0 bridgehead atoms. The fourth-order valence-corrected chi connectivity index (χ4v) is 2.49. The Morgan fingerprint density at radius 1 is 1.12 bits per heavy atom. The molecule has 94 valence electrons. The quantitative estimate of drug-likeness (QED) is 0.820. The minimum Gasteiger partial charge on any atom is -0.307 e. The minimum absolute atomic E-state index is 0.254. The van der Waals surface area contributed by atoms with E-state index in [1.807, 2.05) is 0 Å². The van der Waals surface area contributed by atoms with E-state index in [4.69, 9.17) is 0 Å². The van der Waals surface area contributed by atoms with Crippen molar-refractivity contribution in [2.45, 2.75) is 52.6 Å². The third-order valence-corrected chi connectivity index (χ3v) is 3.76. The lowest BCUT2D eigenvalue weighted by molar-refractivity contribution is 0.245. The van der Waals surface area contributed by atoms with Crippen LogP contribution in [0.15, 0.2) is 30.3 Å². The van der Waals surface area contributed by atoms with Gasteiger partial charge in [0.2, 0.25) is 0 Å². The number of rotatable bonds is 4. The van der Waals surface area contributed by atoms with Crippen LogP contribution in [0.3, 0.4) is 0 Å². The summed E-state index contributed by atoms with van der Waals surface area (Å²) in [5.41, 5.74) is 1.66. The molecule has 1 aliphatic rings. The van der Waals surface area contributed by atoms with Crippen LogP contribution in [-0.4, -0.2) is 6.04 Å². The molecule has 1 aromatic rings. The van der Waals surface area contributed by atoms with Crippen molar-refractivity contribution in [3.63, 3.8) is 0 Å². The lowest BCUT2D eigenvalue weighted by Gasteiger charge is -2.34. The molecule has 0 aliphatic heterocycles. The lowest BCUT2D eigenvalue weighted by atomic mass is 9.82. The van der Waals surface area contributed by atoms with E-state index < -0.39 is 0 Å². The Morgan fingerprint density at radius 2 is 1.71 bits per heavy atom. The zero-order valence-electron chi connectivity index (χ0n) is 11.5. The summed E-state index contributed by atoms with van der Waals surface area (Å²) in [6.45, 7) is 9.28. The van der Waals surface area contributed by atoms with E-state index in [-0.39, 0.29) is 5.41 Å². The summed E-state index contributed by atoms with van der Waals surface area (Å²) in [6, 6.07) is 11.9. The molecule has 0 saturated heterocycles. The van der Waals surface area contributed by atoms with Crippen LogP contribution in [0.5, 0.6) is 0 Å². The largest absolute Gasteiger partial charge is 0.307 e. The van der Waals surface area contributed by atoms with Crippen molar-refractivity contribution in [3.05, 3.63) is 35.9 Å². The van der Waals surface area contributed by atoms with Gasteiger partial charge in [-0.3, -0.25) is 0 Å². The van der Waals surface area contributed by atoms with Crippen LogP contribution in [0.25, 0.3) is 0 Å². The lowest BCUT2D eigenvalue weighted by Crippen LogP contribution is -2.39. The zero-order chi connectivity index (χ0) is 12.5. The van der Waals surface area contributed by atoms with Gasteiger partial charge in [0.15, 0.2) is 0 Å². The third kappa shape index (κ3) is 3.32. The number of benzene rings is 1. The highest BCUT2D eigenvalue weighted by atomic mass is 15.0. The van der Waals surface area contributed by atoms with Crippen LogP contribution >= 0.6 is 0 Å². The molecular weight excluding hydrogens is 206 g/mol. The van der Waals surface area contributed by atoms with E-state index in [2.05, 4.69) is 63.3 Å². The summed E-state index contributed by atoms with van der Waals surface area (Å²) in [5.74, 6) is 0.906. The number of nitrogens with one attached hydrogen (secondary N) is 1. The maximum absolute atomic E-state index is 3.84. The monoisotopic (exact) mass is 231 g/mol. The average Bonchev–Trinajstić information content (AvgIpc) is 3.09. The number of hydrogen-bond donors (Lipinski definition) is 1. The average molecular weight is 231 g/mol. The second kappa shape index (κ2) is 4.81. The zero-order valence-corrected chi connectivity index (χ0v) is 11.5. The Morgan fingerprint density at radius 3 is 2.18 bits per heavy atom. The molecule has 1 N–H and O–H groups in total. The first-order valence-electron chi connectivity index (χ1n) is 6.79. The first kappa shape index (κ1) is 12.6. The molecule has 1 heteroatoms. The summed E-state index contributed by atoms with van der Waals surface area (Å²) in [6.07, 6.45) is 2.81. The Bertz CT molecular complexity index is 346. The maximum Gasteiger partial charge on any atom is 0.0371 e. The summed E-state index contributed by atoms with van der Waals surface area (Å²) >= 11 is 0. The molecule has 1 aliphatic carbocycles. The van der Waals surface area contributed by atoms with Gasteiger partial charge in [0.1, 0.15) is 0 Å². The molecule has 1 fully saturated rings. The molecule has 2 unspecified atom stereocenters. The molecule has 2 atom stereocenters. The van der Waals surface area contributed by atoms with Gasteiger partial charge in [-0.1, -0.05) is 51.1 Å². The predicted octanol–water partition coefficient (Wildman–Crippen LogP) is 4.16. The van der Waals surface area contributed by atoms with E-state index in [0.717, 1.165) is 5.92 Å². The van der Waals surface area contributed by atoms with Crippen LogP contribution < -0.4 is 5.32 Å². The fourth-order valence-electron chi connectivity index (χ4n) is 2.49. The molecule has 0 heterocycles. The van der Waals surface area contributed by atoms with E-state index in [1.165, 1.54) is 18.4 Å². The van der Waals surface area contributed by atoms with Gasteiger partial charge in [-0.05, 0) is 36.7 Å². The SMILES string of the molecule is CC(NC(c1ccccc1)C(C)(C)C)C1CC1. The smallest absolute Gasteiger partial charge is 0.0371 e. The van der Waals surface area contributed by atoms with Gasteiger partial charge in [-0.2, -0.15) is 0 Å². The highest BCUT2D eigenvalue weighted by Gasteiger charge is 2.33. The highest BCUT2D eigenvalue weighted by molar-refractivity contribution is 5.21. The Hall–Kier alpha value is -0.820. The maximum atomic E-state index is 3.84. The van der Waals surface area contributed by atoms with Gasteiger partial charge >= 0.3 is 0 Å². The van der Waals surface area contributed by atoms with E-state index in [0.29, 0.717) is 12.1 Å². The summed E-state index contributed by atoms with van der Waals surface area (Å²) in [7, 11) is 0. The molecule has 0 aromatic heterocycles. The van der Waals surface area contributed by atoms with E-state index >= 15 is 0 Å². The topological polar surface area (TPSA) is 12.0 Å². The Labute approximate surface area is 106 Å². The van der Waals surface area contributed by atoms with Gasteiger partial charge in [0.05, 0.1) is 0 Å². The van der Waals surface area contributed by atoms with Crippen molar-refractivity contribution < 1.29 is 0 Å². The molecule has 1 nitrogen and oxygen atoms in total.